The first-order chi connectivity index (χ1) is 9.97. The van der Waals surface area contributed by atoms with Gasteiger partial charge in [-0.2, -0.15) is 5.10 Å². The Morgan fingerprint density at radius 2 is 2.14 bits per heavy atom. The summed E-state index contributed by atoms with van der Waals surface area (Å²) in [6.07, 6.45) is 0.988. The zero-order valence-electron chi connectivity index (χ0n) is 12.8. The van der Waals surface area contributed by atoms with Gasteiger partial charge in [0.05, 0.1) is 22.4 Å². The lowest BCUT2D eigenvalue weighted by molar-refractivity contribution is 0.0141. The van der Waals surface area contributed by atoms with Gasteiger partial charge in [-0.05, 0) is 49.2 Å². The van der Waals surface area contributed by atoms with Crippen LogP contribution in [0.4, 0.5) is 8.78 Å². The molecule has 1 N–H and O–H groups in total. The summed E-state index contributed by atoms with van der Waals surface area (Å²) >= 11 is 3.53. The summed E-state index contributed by atoms with van der Waals surface area (Å²) in [5.41, 5.74) is 1.04. The number of ether oxygens (including phenoxy) is 1. The average Bonchev–Trinajstić information content (AvgIpc) is 2.80. The van der Waals surface area contributed by atoms with E-state index in [4.69, 9.17) is 4.74 Å². The lowest BCUT2D eigenvalue weighted by Gasteiger charge is -2.22. The predicted octanol–water partition coefficient (Wildman–Crippen LogP) is 3.94. The molecule has 0 aliphatic rings. The normalized spacial score (nSPS) is 13.3. The third-order valence-electron chi connectivity index (χ3n) is 3.04. The van der Waals surface area contributed by atoms with Crippen LogP contribution >= 0.6 is 15.9 Å². The fraction of sp³-hybridized carbons (Fsp3) is 0.786. The zero-order chi connectivity index (χ0) is 15.8. The van der Waals surface area contributed by atoms with Gasteiger partial charge in [0.1, 0.15) is 6.61 Å². The Balaban J connectivity index is 2.74. The van der Waals surface area contributed by atoms with E-state index in [9.17, 15) is 8.78 Å². The standard InChI is InChI=1S/C14H24BrF2N3O/c1-4-6-18-12(5-7-21-9-13(16)17)14-11(15)8-19-20(14)10(2)3/h8,10,12-13,18H,4-7,9H2,1-3H3. The summed E-state index contributed by atoms with van der Waals surface area (Å²) in [4.78, 5) is 0. The van der Waals surface area contributed by atoms with E-state index in [1.807, 2.05) is 4.68 Å². The van der Waals surface area contributed by atoms with Gasteiger partial charge in [-0.3, -0.25) is 4.68 Å². The van der Waals surface area contributed by atoms with Crippen molar-refractivity contribution in [1.29, 1.82) is 0 Å². The van der Waals surface area contributed by atoms with Crippen molar-refractivity contribution >= 4 is 15.9 Å². The van der Waals surface area contributed by atoms with Crippen LogP contribution in [0.1, 0.15) is 51.4 Å². The van der Waals surface area contributed by atoms with Crippen molar-refractivity contribution in [1.82, 2.24) is 15.1 Å². The molecule has 122 valence electrons. The highest BCUT2D eigenvalue weighted by molar-refractivity contribution is 9.10. The zero-order valence-corrected chi connectivity index (χ0v) is 14.4. The molecule has 0 aliphatic heterocycles. The molecule has 0 spiro atoms. The minimum absolute atomic E-state index is 0.0295. The maximum Gasteiger partial charge on any atom is 0.261 e. The van der Waals surface area contributed by atoms with Gasteiger partial charge < -0.3 is 10.1 Å². The molecule has 21 heavy (non-hydrogen) atoms. The minimum atomic E-state index is -2.42. The summed E-state index contributed by atoms with van der Waals surface area (Å²) in [5.74, 6) is 0. The Kier molecular flexibility index (Phi) is 8.36. The number of nitrogens with zero attached hydrogens (tertiary/aromatic N) is 2. The second-order valence-electron chi connectivity index (χ2n) is 5.18. The number of halogens is 3. The molecule has 1 unspecified atom stereocenters. The molecule has 0 aliphatic carbocycles. The average molecular weight is 368 g/mol. The summed E-state index contributed by atoms with van der Waals surface area (Å²) in [7, 11) is 0. The molecule has 1 aromatic heterocycles. The monoisotopic (exact) mass is 367 g/mol. The van der Waals surface area contributed by atoms with Crippen LogP contribution < -0.4 is 5.32 Å². The number of hydrogen-bond acceptors (Lipinski definition) is 3. The van der Waals surface area contributed by atoms with E-state index in [1.54, 1.807) is 6.20 Å². The van der Waals surface area contributed by atoms with Gasteiger partial charge in [-0.1, -0.05) is 6.92 Å². The predicted molar refractivity (Wildman–Crippen MR) is 82.8 cm³/mol. The van der Waals surface area contributed by atoms with Crippen LogP contribution in [0.5, 0.6) is 0 Å². The van der Waals surface area contributed by atoms with Gasteiger partial charge >= 0.3 is 0 Å². The van der Waals surface area contributed by atoms with Crippen LogP contribution in [-0.4, -0.2) is 36.0 Å². The minimum Gasteiger partial charge on any atom is -0.375 e. The number of aromatic nitrogens is 2. The van der Waals surface area contributed by atoms with E-state index in [0.29, 0.717) is 13.0 Å². The van der Waals surface area contributed by atoms with Crippen molar-refractivity contribution in [3.63, 3.8) is 0 Å². The van der Waals surface area contributed by atoms with Crippen LogP contribution in [0.25, 0.3) is 0 Å². The van der Waals surface area contributed by atoms with Gasteiger partial charge in [-0.15, -0.1) is 0 Å². The highest BCUT2D eigenvalue weighted by Crippen LogP contribution is 2.28. The van der Waals surface area contributed by atoms with Crippen molar-refractivity contribution in [3.8, 4) is 0 Å². The van der Waals surface area contributed by atoms with Gasteiger partial charge in [-0.25, -0.2) is 8.78 Å². The topological polar surface area (TPSA) is 39.1 Å². The summed E-state index contributed by atoms with van der Waals surface area (Å²) in [6.45, 7) is 6.86. The molecule has 7 heteroatoms. The summed E-state index contributed by atoms with van der Waals surface area (Å²) in [6, 6.07) is 0.265. The molecule has 1 aromatic rings. The second-order valence-corrected chi connectivity index (χ2v) is 6.03. The maximum absolute atomic E-state index is 12.1. The van der Waals surface area contributed by atoms with Gasteiger partial charge in [0.15, 0.2) is 0 Å². The van der Waals surface area contributed by atoms with E-state index in [-0.39, 0.29) is 12.1 Å². The van der Waals surface area contributed by atoms with E-state index >= 15 is 0 Å². The molecule has 1 atom stereocenters. The highest BCUT2D eigenvalue weighted by Gasteiger charge is 2.21. The maximum atomic E-state index is 12.1. The first kappa shape index (κ1) is 18.5. The van der Waals surface area contributed by atoms with E-state index < -0.39 is 13.0 Å². The Morgan fingerprint density at radius 1 is 1.43 bits per heavy atom. The number of hydrogen-bond donors (Lipinski definition) is 1. The molecule has 0 radical (unpaired) electrons. The Labute approximate surface area is 133 Å². The molecule has 4 nitrogen and oxygen atoms in total. The third-order valence-corrected chi connectivity index (χ3v) is 3.65. The van der Waals surface area contributed by atoms with Crippen LogP contribution in [0, 0.1) is 0 Å². The molecule has 0 amide bonds. The lowest BCUT2D eigenvalue weighted by Crippen LogP contribution is -2.27. The molecule has 0 saturated heterocycles. The number of nitrogens with one attached hydrogen (secondary N) is 1. The molecular formula is C14H24BrF2N3O. The molecular weight excluding hydrogens is 344 g/mol. The van der Waals surface area contributed by atoms with Gasteiger partial charge in [0, 0.05) is 12.6 Å². The third kappa shape index (κ3) is 6.00. The smallest absolute Gasteiger partial charge is 0.261 e. The first-order valence-electron chi connectivity index (χ1n) is 7.29. The van der Waals surface area contributed by atoms with Crippen molar-refractivity contribution in [3.05, 3.63) is 16.4 Å². The molecule has 1 rings (SSSR count). The summed E-state index contributed by atoms with van der Waals surface area (Å²) in [5, 5.41) is 7.81. The van der Waals surface area contributed by atoms with Crippen molar-refractivity contribution in [2.45, 2.75) is 52.1 Å². The van der Waals surface area contributed by atoms with Crippen molar-refractivity contribution in [2.75, 3.05) is 19.8 Å². The van der Waals surface area contributed by atoms with E-state index in [2.05, 4.69) is 47.1 Å². The Bertz CT molecular complexity index is 413. The SMILES string of the molecule is CCCNC(CCOCC(F)F)c1c(Br)cnn1C(C)C. The quantitative estimate of drug-likeness (QED) is 0.636. The summed E-state index contributed by atoms with van der Waals surface area (Å²) < 4.78 is 32.1. The lowest BCUT2D eigenvalue weighted by atomic mass is 10.1. The van der Waals surface area contributed by atoms with Crippen molar-refractivity contribution < 1.29 is 13.5 Å². The number of rotatable bonds is 10. The molecule has 0 bridgehead atoms. The Hall–Kier alpha value is -0.530. The number of alkyl halides is 2. The fourth-order valence-corrected chi connectivity index (χ4v) is 2.67. The van der Waals surface area contributed by atoms with Crippen LogP contribution in [0.15, 0.2) is 10.7 Å². The fourth-order valence-electron chi connectivity index (χ4n) is 2.12. The van der Waals surface area contributed by atoms with Gasteiger partial charge in [0.2, 0.25) is 0 Å². The largest absolute Gasteiger partial charge is 0.375 e. The van der Waals surface area contributed by atoms with Crippen LogP contribution in [0.3, 0.4) is 0 Å². The molecule has 0 saturated carbocycles. The van der Waals surface area contributed by atoms with Crippen LogP contribution in [0.2, 0.25) is 0 Å². The Morgan fingerprint density at radius 3 is 2.71 bits per heavy atom. The van der Waals surface area contributed by atoms with E-state index in [1.165, 1.54) is 0 Å². The molecule has 0 aromatic carbocycles. The highest BCUT2D eigenvalue weighted by atomic mass is 79.9. The van der Waals surface area contributed by atoms with E-state index in [0.717, 1.165) is 23.1 Å². The first-order valence-corrected chi connectivity index (χ1v) is 8.08. The van der Waals surface area contributed by atoms with Crippen LogP contribution in [-0.2, 0) is 4.74 Å². The van der Waals surface area contributed by atoms with Gasteiger partial charge in [0.25, 0.3) is 6.43 Å². The second kappa shape index (κ2) is 9.48. The molecule has 0 fully saturated rings. The van der Waals surface area contributed by atoms with Crippen molar-refractivity contribution in [2.24, 2.45) is 0 Å². The molecule has 1 heterocycles.